The molecule has 1 aromatic carbocycles. The first kappa shape index (κ1) is 15.0. The normalized spacial score (nSPS) is 11.9. The van der Waals surface area contributed by atoms with Crippen LogP contribution in [-0.4, -0.2) is 34.7 Å². The molecule has 0 aliphatic carbocycles. The molecular weight excluding hydrogens is 260 g/mol. The van der Waals surface area contributed by atoms with Crippen LogP contribution in [0.5, 0.6) is 0 Å². The molecule has 19 heavy (non-hydrogen) atoms. The minimum absolute atomic E-state index is 0.0352. The van der Waals surface area contributed by atoms with Crippen molar-refractivity contribution in [1.82, 2.24) is 5.32 Å². The molecule has 0 aliphatic heterocycles. The number of halogens is 2. The molecule has 1 atom stereocenters. The maximum absolute atomic E-state index is 13.3. The summed E-state index contributed by atoms with van der Waals surface area (Å²) in [6, 6.07) is 1.53. The van der Waals surface area contributed by atoms with Crippen molar-refractivity contribution in [2.75, 3.05) is 6.61 Å². The van der Waals surface area contributed by atoms with E-state index in [-0.39, 0.29) is 12.0 Å². The molecule has 104 valence electrons. The summed E-state index contributed by atoms with van der Waals surface area (Å²) in [5.74, 6) is -3.64. The summed E-state index contributed by atoms with van der Waals surface area (Å²) in [6.07, 6.45) is -0.547. The first-order valence-electron chi connectivity index (χ1n) is 5.51. The van der Waals surface area contributed by atoms with E-state index in [1.54, 1.807) is 0 Å². The van der Waals surface area contributed by atoms with Crippen molar-refractivity contribution in [3.8, 4) is 0 Å². The quantitative estimate of drug-likeness (QED) is 0.702. The largest absolute Gasteiger partial charge is 0.480 e. The zero-order chi connectivity index (χ0) is 14.4. The summed E-state index contributed by atoms with van der Waals surface area (Å²) in [6.45, 7) is -0.401. The van der Waals surface area contributed by atoms with Crippen molar-refractivity contribution in [2.24, 2.45) is 0 Å². The molecule has 0 unspecified atom stereocenters. The molecule has 7 heteroatoms. The van der Waals surface area contributed by atoms with E-state index in [9.17, 15) is 18.4 Å². The zero-order valence-electron chi connectivity index (χ0n) is 9.90. The fraction of sp³-hybridized carbons (Fsp3) is 0.333. The van der Waals surface area contributed by atoms with Crippen LogP contribution < -0.4 is 5.32 Å². The highest BCUT2D eigenvalue weighted by atomic mass is 19.1. The highest BCUT2D eigenvalue weighted by Crippen LogP contribution is 2.10. The monoisotopic (exact) mass is 273 g/mol. The second-order valence-electron chi connectivity index (χ2n) is 3.88. The minimum Gasteiger partial charge on any atom is -0.480 e. The number of aliphatic hydroxyl groups is 1. The summed E-state index contributed by atoms with van der Waals surface area (Å²) in [7, 11) is 0. The van der Waals surface area contributed by atoms with Gasteiger partial charge in [-0.15, -0.1) is 0 Å². The summed E-state index contributed by atoms with van der Waals surface area (Å²) in [5, 5.41) is 19.6. The number of nitrogens with one attached hydrogen (secondary N) is 1. The molecule has 0 heterocycles. The third-order valence-electron chi connectivity index (χ3n) is 2.42. The molecule has 1 aromatic rings. The smallest absolute Gasteiger partial charge is 0.326 e. The highest BCUT2D eigenvalue weighted by Gasteiger charge is 2.19. The van der Waals surface area contributed by atoms with Gasteiger partial charge in [-0.3, -0.25) is 4.79 Å². The summed E-state index contributed by atoms with van der Waals surface area (Å²) in [5.41, 5.74) is -0.0352. The fourth-order valence-electron chi connectivity index (χ4n) is 1.47. The number of aliphatic carboxylic acids is 1. The van der Waals surface area contributed by atoms with Crippen LogP contribution in [0.3, 0.4) is 0 Å². The molecule has 1 amide bonds. The average Bonchev–Trinajstić information content (AvgIpc) is 2.32. The Labute approximate surface area is 107 Å². The maximum atomic E-state index is 13.3. The number of rotatable bonds is 6. The molecule has 0 aromatic heterocycles. The van der Waals surface area contributed by atoms with Gasteiger partial charge in [0.05, 0.1) is 6.42 Å². The van der Waals surface area contributed by atoms with Crippen LogP contribution in [0, 0.1) is 11.6 Å². The Hall–Kier alpha value is -2.02. The lowest BCUT2D eigenvalue weighted by atomic mass is 10.1. The second-order valence-corrected chi connectivity index (χ2v) is 3.88. The van der Waals surface area contributed by atoms with Gasteiger partial charge < -0.3 is 15.5 Å². The molecule has 3 N–H and O–H groups in total. The maximum Gasteiger partial charge on any atom is 0.326 e. The summed E-state index contributed by atoms with van der Waals surface area (Å²) < 4.78 is 25.9. The lowest BCUT2D eigenvalue weighted by Crippen LogP contribution is -2.42. The third-order valence-corrected chi connectivity index (χ3v) is 2.42. The van der Waals surface area contributed by atoms with E-state index in [1.165, 1.54) is 0 Å². The lowest BCUT2D eigenvalue weighted by Gasteiger charge is -2.13. The molecule has 0 radical (unpaired) electrons. The van der Waals surface area contributed by atoms with Gasteiger partial charge in [0, 0.05) is 19.1 Å². The van der Waals surface area contributed by atoms with Gasteiger partial charge in [-0.25, -0.2) is 13.6 Å². The third kappa shape index (κ3) is 4.63. The number of benzene rings is 1. The standard InChI is InChI=1S/C12H13F2NO4/c13-8-2-1-7(9(14)6-8)5-11(17)15-10(3-4-16)12(18)19/h1-2,6,10,16H,3-5H2,(H,15,17)(H,18,19)/t10-/m1/s1. The van der Waals surface area contributed by atoms with Crippen LogP contribution in [-0.2, 0) is 16.0 Å². The number of aliphatic hydroxyl groups excluding tert-OH is 1. The molecule has 0 bridgehead atoms. The van der Waals surface area contributed by atoms with Gasteiger partial charge >= 0.3 is 5.97 Å². The van der Waals surface area contributed by atoms with Crippen LogP contribution in [0.1, 0.15) is 12.0 Å². The van der Waals surface area contributed by atoms with Gasteiger partial charge in [0.2, 0.25) is 5.91 Å². The molecule has 0 fully saturated rings. The first-order valence-corrected chi connectivity index (χ1v) is 5.51. The Bertz CT molecular complexity index is 479. The van der Waals surface area contributed by atoms with Gasteiger partial charge in [-0.1, -0.05) is 6.07 Å². The van der Waals surface area contributed by atoms with Crippen molar-refractivity contribution < 1.29 is 28.6 Å². The molecule has 0 saturated heterocycles. The molecular formula is C12H13F2NO4. The number of amides is 1. The van der Waals surface area contributed by atoms with Crippen molar-refractivity contribution in [3.05, 3.63) is 35.4 Å². The van der Waals surface area contributed by atoms with Crippen LogP contribution >= 0.6 is 0 Å². The highest BCUT2D eigenvalue weighted by molar-refractivity contribution is 5.84. The predicted octanol–water partition coefficient (Wildman–Crippen LogP) is 0.459. The van der Waals surface area contributed by atoms with Crippen LogP contribution in [0.25, 0.3) is 0 Å². The van der Waals surface area contributed by atoms with E-state index in [2.05, 4.69) is 5.32 Å². The average molecular weight is 273 g/mol. The van der Waals surface area contributed by atoms with E-state index in [1.807, 2.05) is 0 Å². The molecule has 0 spiro atoms. The van der Waals surface area contributed by atoms with E-state index < -0.39 is 42.6 Å². The van der Waals surface area contributed by atoms with Crippen molar-refractivity contribution in [1.29, 1.82) is 0 Å². The molecule has 0 saturated carbocycles. The van der Waals surface area contributed by atoms with Crippen molar-refractivity contribution >= 4 is 11.9 Å². The Morgan fingerprint density at radius 3 is 2.53 bits per heavy atom. The second kappa shape index (κ2) is 6.79. The molecule has 5 nitrogen and oxygen atoms in total. The fourth-order valence-corrected chi connectivity index (χ4v) is 1.47. The van der Waals surface area contributed by atoms with Gasteiger partial charge in [-0.2, -0.15) is 0 Å². The Morgan fingerprint density at radius 2 is 2.00 bits per heavy atom. The summed E-state index contributed by atoms with van der Waals surface area (Å²) >= 11 is 0. The number of carbonyl (C=O) groups is 2. The van der Waals surface area contributed by atoms with Crippen molar-refractivity contribution in [3.63, 3.8) is 0 Å². The topological polar surface area (TPSA) is 86.6 Å². The first-order chi connectivity index (χ1) is 8.93. The van der Waals surface area contributed by atoms with Gasteiger partial charge in [0.15, 0.2) is 0 Å². The number of carbonyl (C=O) groups excluding carboxylic acids is 1. The van der Waals surface area contributed by atoms with E-state index >= 15 is 0 Å². The van der Waals surface area contributed by atoms with Gasteiger partial charge in [0.1, 0.15) is 17.7 Å². The number of carboxylic acids is 1. The van der Waals surface area contributed by atoms with E-state index in [0.717, 1.165) is 12.1 Å². The lowest BCUT2D eigenvalue weighted by molar-refractivity contribution is -0.142. The Kier molecular flexibility index (Phi) is 5.37. The van der Waals surface area contributed by atoms with E-state index in [0.29, 0.717) is 6.07 Å². The Morgan fingerprint density at radius 1 is 1.32 bits per heavy atom. The van der Waals surface area contributed by atoms with Gasteiger partial charge in [-0.05, 0) is 11.6 Å². The molecule has 0 aliphatic rings. The van der Waals surface area contributed by atoms with E-state index in [4.69, 9.17) is 10.2 Å². The van der Waals surface area contributed by atoms with Crippen molar-refractivity contribution in [2.45, 2.75) is 18.9 Å². The minimum atomic E-state index is -1.29. The zero-order valence-corrected chi connectivity index (χ0v) is 9.90. The summed E-state index contributed by atoms with van der Waals surface area (Å²) in [4.78, 5) is 22.3. The van der Waals surface area contributed by atoms with Gasteiger partial charge in [0.25, 0.3) is 0 Å². The van der Waals surface area contributed by atoms with Crippen LogP contribution in [0.2, 0.25) is 0 Å². The Balaban J connectivity index is 2.66. The van der Waals surface area contributed by atoms with Crippen LogP contribution in [0.15, 0.2) is 18.2 Å². The number of hydrogen-bond acceptors (Lipinski definition) is 3. The number of hydrogen-bond donors (Lipinski definition) is 3. The molecule has 1 rings (SSSR count). The predicted molar refractivity (Wildman–Crippen MR) is 61.3 cm³/mol. The SMILES string of the molecule is O=C(Cc1ccc(F)cc1F)N[C@H](CCO)C(=O)O. The number of carboxylic acid groups (broad SMARTS) is 1. The van der Waals surface area contributed by atoms with Crippen LogP contribution in [0.4, 0.5) is 8.78 Å².